The molecular weight excluding hydrogens is 140 g/mol. The summed E-state index contributed by atoms with van der Waals surface area (Å²) in [4.78, 5) is 0. The highest BCUT2D eigenvalue weighted by Crippen LogP contribution is 2.02. The first-order valence-corrected chi connectivity index (χ1v) is 4.26. The average molecular weight is 160 g/mol. The first-order chi connectivity index (χ1) is 5.26. The van der Waals surface area contributed by atoms with Gasteiger partial charge in [0.05, 0.1) is 6.61 Å². The molecule has 2 N–H and O–H groups in total. The van der Waals surface area contributed by atoms with Gasteiger partial charge in [0.1, 0.15) is 0 Å². The summed E-state index contributed by atoms with van der Waals surface area (Å²) in [5.74, 6) is 5.78. The van der Waals surface area contributed by atoms with Gasteiger partial charge in [-0.1, -0.05) is 13.8 Å². The van der Waals surface area contributed by atoms with E-state index >= 15 is 0 Å². The third kappa shape index (κ3) is 4.35. The van der Waals surface area contributed by atoms with E-state index in [2.05, 4.69) is 13.8 Å². The lowest BCUT2D eigenvalue weighted by atomic mass is 10.1. The Morgan fingerprint density at radius 1 is 1.36 bits per heavy atom. The van der Waals surface area contributed by atoms with E-state index in [0.717, 1.165) is 19.4 Å². The normalized spacial score (nSPS) is 11.5. The van der Waals surface area contributed by atoms with Crippen LogP contribution in [-0.4, -0.2) is 31.3 Å². The molecule has 0 aromatic carbocycles. The Labute approximate surface area is 69.5 Å². The first-order valence-electron chi connectivity index (χ1n) is 4.26. The smallest absolute Gasteiger partial charge is 0.0603 e. The average Bonchev–Trinajstić information content (AvgIpc) is 2.03. The lowest BCUT2D eigenvalue weighted by Crippen LogP contribution is -2.42. The van der Waals surface area contributed by atoms with Crippen LogP contribution in [-0.2, 0) is 4.74 Å². The van der Waals surface area contributed by atoms with Crippen LogP contribution in [0.5, 0.6) is 0 Å². The minimum atomic E-state index is 0.505. The molecule has 0 aliphatic carbocycles. The molecule has 3 heteroatoms. The molecular formula is C8H20N2O. The molecule has 0 aromatic rings. The van der Waals surface area contributed by atoms with Gasteiger partial charge in [-0.25, -0.2) is 5.01 Å². The van der Waals surface area contributed by atoms with E-state index in [1.807, 2.05) is 5.01 Å². The quantitative estimate of drug-likeness (QED) is 0.465. The number of hydrazine groups is 1. The summed E-state index contributed by atoms with van der Waals surface area (Å²) in [6.07, 6.45) is 2.22. The van der Waals surface area contributed by atoms with Crippen LogP contribution >= 0.6 is 0 Å². The maximum Gasteiger partial charge on any atom is 0.0603 e. The van der Waals surface area contributed by atoms with Gasteiger partial charge < -0.3 is 4.74 Å². The highest BCUT2D eigenvalue weighted by molar-refractivity contribution is 4.62. The van der Waals surface area contributed by atoms with Gasteiger partial charge in [-0.2, -0.15) is 0 Å². The number of methoxy groups -OCH3 is 1. The largest absolute Gasteiger partial charge is 0.383 e. The maximum absolute atomic E-state index is 5.78. The molecule has 0 aliphatic rings. The standard InChI is InChI=1S/C8H20N2O/c1-4-8(5-2)10(9)6-7-11-3/h8H,4-7,9H2,1-3H3. The Hall–Kier alpha value is -0.120. The van der Waals surface area contributed by atoms with E-state index in [1.54, 1.807) is 7.11 Å². The van der Waals surface area contributed by atoms with Gasteiger partial charge in [0, 0.05) is 19.7 Å². The first kappa shape index (κ1) is 10.9. The molecule has 0 atom stereocenters. The van der Waals surface area contributed by atoms with Crippen molar-refractivity contribution < 1.29 is 4.74 Å². The molecule has 68 valence electrons. The number of hydrogen-bond acceptors (Lipinski definition) is 3. The molecule has 0 aromatic heterocycles. The predicted octanol–water partition coefficient (Wildman–Crippen LogP) is 0.997. The molecule has 0 heterocycles. The third-order valence-corrected chi connectivity index (χ3v) is 1.97. The fraction of sp³-hybridized carbons (Fsp3) is 1.00. The highest BCUT2D eigenvalue weighted by atomic mass is 16.5. The molecule has 0 amide bonds. The van der Waals surface area contributed by atoms with Crippen LogP contribution in [0, 0.1) is 0 Å². The van der Waals surface area contributed by atoms with E-state index < -0.39 is 0 Å². The second kappa shape index (κ2) is 6.58. The van der Waals surface area contributed by atoms with E-state index in [1.165, 1.54) is 0 Å². The highest BCUT2D eigenvalue weighted by Gasteiger charge is 2.09. The van der Waals surface area contributed by atoms with E-state index in [-0.39, 0.29) is 0 Å². The van der Waals surface area contributed by atoms with Crippen molar-refractivity contribution in [2.75, 3.05) is 20.3 Å². The summed E-state index contributed by atoms with van der Waals surface area (Å²) in [6.45, 7) is 5.84. The van der Waals surface area contributed by atoms with Crippen LogP contribution in [0.2, 0.25) is 0 Å². The van der Waals surface area contributed by atoms with Gasteiger partial charge in [-0.05, 0) is 12.8 Å². The number of nitrogens with two attached hydrogens (primary N) is 1. The van der Waals surface area contributed by atoms with E-state index in [4.69, 9.17) is 10.6 Å². The number of rotatable bonds is 6. The zero-order chi connectivity index (χ0) is 8.69. The molecule has 0 fully saturated rings. The number of nitrogens with zero attached hydrogens (tertiary/aromatic N) is 1. The Morgan fingerprint density at radius 3 is 2.27 bits per heavy atom. The van der Waals surface area contributed by atoms with Gasteiger partial charge >= 0.3 is 0 Å². The van der Waals surface area contributed by atoms with Gasteiger partial charge in [0.15, 0.2) is 0 Å². The second-order valence-electron chi connectivity index (χ2n) is 2.70. The van der Waals surface area contributed by atoms with E-state index in [0.29, 0.717) is 12.6 Å². The van der Waals surface area contributed by atoms with Gasteiger partial charge in [0.2, 0.25) is 0 Å². The van der Waals surface area contributed by atoms with Gasteiger partial charge in [-0.3, -0.25) is 5.84 Å². The lowest BCUT2D eigenvalue weighted by Gasteiger charge is -2.24. The maximum atomic E-state index is 5.78. The van der Waals surface area contributed by atoms with Crippen LogP contribution in [0.4, 0.5) is 0 Å². The van der Waals surface area contributed by atoms with Crippen LogP contribution in [0.3, 0.4) is 0 Å². The molecule has 3 nitrogen and oxygen atoms in total. The zero-order valence-electron chi connectivity index (χ0n) is 7.84. The Morgan fingerprint density at radius 2 is 1.91 bits per heavy atom. The van der Waals surface area contributed by atoms with Crippen molar-refractivity contribution in [3.05, 3.63) is 0 Å². The van der Waals surface area contributed by atoms with Crippen LogP contribution in [0.25, 0.3) is 0 Å². The zero-order valence-corrected chi connectivity index (χ0v) is 7.84. The molecule has 0 saturated carbocycles. The molecule has 0 bridgehead atoms. The van der Waals surface area contributed by atoms with Crippen molar-refractivity contribution >= 4 is 0 Å². The lowest BCUT2D eigenvalue weighted by molar-refractivity contribution is 0.116. The SMILES string of the molecule is CCC(CC)N(N)CCOC. The Kier molecular flexibility index (Phi) is 6.51. The van der Waals surface area contributed by atoms with Crippen molar-refractivity contribution in [1.29, 1.82) is 0 Å². The van der Waals surface area contributed by atoms with Crippen molar-refractivity contribution in [3.8, 4) is 0 Å². The van der Waals surface area contributed by atoms with Gasteiger partial charge in [-0.15, -0.1) is 0 Å². The number of hydrogen-bond donors (Lipinski definition) is 1. The molecule has 0 unspecified atom stereocenters. The molecule has 0 rings (SSSR count). The van der Waals surface area contributed by atoms with Crippen molar-refractivity contribution in [1.82, 2.24) is 5.01 Å². The van der Waals surface area contributed by atoms with Gasteiger partial charge in [0.25, 0.3) is 0 Å². The summed E-state index contributed by atoms with van der Waals surface area (Å²) >= 11 is 0. The Bertz CT molecular complexity index is 84.2. The summed E-state index contributed by atoms with van der Waals surface area (Å²) in [6, 6.07) is 0.505. The van der Waals surface area contributed by atoms with Crippen LogP contribution in [0.1, 0.15) is 26.7 Å². The van der Waals surface area contributed by atoms with Crippen LogP contribution < -0.4 is 5.84 Å². The summed E-state index contributed by atoms with van der Waals surface area (Å²) in [7, 11) is 1.70. The van der Waals surface area contributed by atoms with Crippen molar-refractivity contribution in [2.45, 2.75) is 32.7 Å². The van der Waals surface area contributed by atoms with Crippen molar-refractivity contribution in [3.63, 3.8) is 0 Å². The third-order valence-electron chi connectivity index (χ3n) is 1.97. The number of ether oxygens (including phenoxy) is 1. The monoisotopic (exact) mass is 160 g/mol. The summed E-state index contributed by atoms with van der Waals surface area (Å²) in [5, 5.41) is 1.86. The molecule has 0 aliphatic heterocycles. The molecule has 11 heavy (non-hydrogen) atoms. The second-order valence-corrected chi connectivity index (χ2v) is 2.70. The predicted molar refractivity (Wildman–Crippen MR) is 47.1 cm³/mol. The molecule has 0 spiro atoms. The van der Waals surface area contributed by atoms with Crippen LogP contribution in [0.15, 0.2) is 0 Å². The topological polar surface area (TPSA) is 38.5 Å². The van der Waals surface area contributed by atoms with E-state index in [9.17, 15) is 0 Å². The van der Waals surface area contributed by atoms with Crippen molar-refractivity contribution in [2.24, 2.45) is 5.84 Å². The summed E-state index contributed by atoms with van der Waals surface area (Å²) in [5.41, 5.74) is 0. The molecule has 0 radical (unpaired) electrons. The fourth-order valence-corrected chi connectivity index (χ4v) is 1.14. The minimum absolute atomic E-state index is 0.505. The minimum Gasteiger partial charge on any atom is -0.383 e. The Balaban J connectivity index is 3.51. The fourth-order valence-electron chi connectivity index (χ4n) is 1.14. The summed E-state index contributed by atoms with van der Waals surface area (Å²) < 4.78 is 4.93. The molecule has 0 saturated heterocycles.